The van der Waals surface area contributed by atoms with Gasteiger partial charge in [0.15, 0.2) is 5.78 Å². The summed E-state index contributed by atoms with van der Waals surface area (Å²) >= 11 is 0. The molecule has 0 heterocycles. The quantitative estimate of drug-likeness (QED) is 0.832. The number of hydrogen-bond acceptors (Lipinski definition) is 2. The number of ketones is 1. The fourth-order valence-electron chi connectivity index (χ4n) is 5.26. The largest absolute Gasteiger partial charge is 0.321 e. The van der Waals surface area contributed by atoms with E-state index >= 15 is 0 Å². The summed E-state index contributed by atoms with van der Waals surface area (Å²) in [5, 5.41) is 0. The van der Waals surface area contributed by atoms with Gasteiger partial charge in [-0.25, -0.2) is 0 Å². The first kappa shape index (κ1) is 12.7. The molecule has 0 amide bonds. The van der Waals surface area contributed by atoms with Gasteiger partial charge in [-0.2, -0.15) is 0 Å². The molecular formula is C16H27NO. The third-order valence-electron chi connectivity index (χ3n) is 5.88. The SMILES string of the molecule is CC(C)C(=O)C(N)CC1C2CC3CC(C2)CC1C3. The van der Waals surface area contributed by atoms with Gasteiger partial charge in [0, 0.05) is 5.92 Å². The molecule has 18 heavy (non-hydrogen) atoms. The van der Waals surface area contributed by atoms with E-state index in [0.29, 0.717) is 0 Å². The molecule has 102 valence electrons. The van der Waals surface area contributed by atoms with Crippen molar-refractivity contribution in [3.8, 4) is 0 Å². The Kier molecular flexibility index (Phi) is 3.25. The Balaban J connectivity index is 1.65. The second-order valence-corrected chi connectivity index (χ2v) is 7.49. The molecule has 0 aromatic heterocycles. The Hall–Kier alpha value is -0.370. The number of hydrogen-bond donors (Lipinski definition) is 1. The smallest absolute Gasteiger partial charge is 0.152 e. The molecule has 2 N–H and O–H groups in total. The highest BCUT2D eigenvalue weighted by Crippen LogP contribution is 2.57. The minimum Gasteiger partial charge on any atom is -0.321 e. The average Bonchev–Trinajstić information content (AvgIpc) is 2.31. The Bertz CT molecular complexity index is 308. The maximum Gasteiger partial charge on any atom is 0.152 e. The first-order chi connectivity index (χ1) is 8.54. The number of rotatable bonds is 4. The highest BCUT2D eigenvalue weighted by molar-refractivity contribution is 5.85. The summed E-state index contributed by atoms with van der Waals surface area (Å²) in [5.74, 6) is 4.94. The van der Waals surface area contributed by atoms with Gasteiger partial charge in [0.05, 0.1) is 6.04 Å². The molecule has 0 aromatic rings. The predicted octanol–water partition coefficient (Wildman–Crippen LogP) is 3.00. The molecule has 0 saturated heterocycles. The van der Waals surface area contributed by atoms with Crippen molar-refractivity contribution < 1.29 is 4.79 Å². The summed E-state index contributed by atoms with van der Waals surface area (Å²) < 4.78 is 0. The van der Waals surface area contributed by atoms with Gasteiger partial charge in [-0.1, -0.05) is 13.8 Å². The van der Waals surface area contributed by atoms with Crippen LogP contribution in [0.15, 0.2) is 0 Å². The molecule has 4 aliphatic carbocycles. The molecule has 0 aliphatic heterocycles. The molecular weight excluding hydrogens is 222 g/mol. The highest BCUT2D eigenvalue weighted by Gasteiger charge is 2.48. The molecule has 4 bridgehead atoms. The van der Waals surface area contributed by atoms with Crippen molar-refractivity contribution in [3.63, 3.8) is 0 Å². The normalized spacial score (nSPS) is 43.4. The molecule has 2 nitrogen and oxygen atoms in total. The molecule has 0 aromatic carbocycles. The zero-order valence-corrected chi connectivity index (χ0v) is 11.8. The summed E-state index contributed by atoms with van der Waals surface area (Å²) in [4.78, 5) is 12.0. The van der Waals surface area contributed by atoms with Gasteiger partial charge in [-0.05, 0) is 68.1 Å². The van der Waals surface area contributed by atoms with Crippen molar-refractivity contribution >= 4 is 5.78 Å². The van der Waals surface area contributed by atoms with Gasteiger partial charge in [0.2, 0.25) is 0 Å². The van der Waals surface area contributed by atoms with Crippen LogP contribution >= 0.6 is 0 Å². The number of carbonyl (C=O) groups excluding carboxylic acids is 1. The summed E-state index contributed by atoms with van der Waals surface area (Å²) in [6.45, 7) is 3.94. The molecule has 4 rings (SSSR count). The van der Waals surface area contributed by atoms with Crippen LogP contribution in [0, 0.1) is 35.5 Å². The van der Waals surface area contributed by atoms with Crippen LogP contribution in [-0.4, -0.2) is 11.8 Å². The second-order valence-electron chi connectivity index (χ2n) is 7.49. The van der Waals surface area contributed by atoms with E-state index in [0.717, 1.165) is 36.0 Å². The summed E-state index contributed by atoms with van der Waals surface area (Å²) in [6, 6.07) is -0.201. The van der Waals surface area contributed by atoms with Gasteiger partial charge < -0.3 is 5.73 Å². The second kappa shape index (κ2) is 4.63. The van der Waals surface area contributed by atoms with E-state index in [-0.39, 0.29) is 17.7 Å². The van der Waals surface area contributed by atoms with E-state index < -0.39 is 0 Å². The molecule has 4 aliphatic rings. The first-order valence-corrected chi connectivity index (χ1v) is 7.84. The maximum absolute atomic E-state index is 12.0. The summed E-state index contributed by atoms with van der Waals surface area (Å²) in [5.41, 5.74) is 6.15. The zero-order valence-electron chi connectivity index (χ0n) is 11.8. The lowest BCUT2D eigenvalue weighted by Crippen LogP contribution is -2.48. The van der Waals surface area contributed by atoms with Crippen molar-refractivity contribution in [3.05, 3.63) is 0 Å². The minimum absolute atomic E-state index is 0.0943. The predicted molar refractivity (Wildman–Crippen MR) is 73.0 cm³/mol. The third-order valence-corrected chi connectivity index (χ3v) is 5.88. The van der Waals surface area contributed by atoms with E-state index in [1.165, 1.54) is 32.1 Å². The van der Waals surface area contributed by atoms with Gasteiger partial charge in [0.25, 0.3) is 0 Å². The highest BCUT2D eigenvalue weighted by atomic mass is 16.1. The van der Waals surface area contributed by atoms with Crippen molar-refractivity contribution in [1.29, 1.82) is 0 Å². The van der Waals surface area contributed by atoms with E-state index in [9.17, 15) is 4.79 Å². The minimum atomic E-state index is -0.201. The van der Waals surface area contributed by atoms with Gasteiger partial charge in [0.1, 0.15) is 0 Å². The molecule has 0 spiro atoms. The van der Waals surface area contributed by atoms with Crippen LogP contribution in [0.2, 0.25) is 0 Å². The van der Waals surface area contributed by atoms with Crippen LogP contribution in [0.3, 0.4) is 0 Å². The van der Waals surface area contributed by atoms with Crippen molar-refractivity contribution in [1.82, 2.24) is 0 Å². The third kappa shape index (κ3) is 2.13. The Morgan fingerprint density at radius 1 is 1.06 bits per heavy atom. The first-order valence-electron chi connectivity index (χ1n) is 7.84. The molecule has 2 heteroatoms. The summed E-state index contributed by atoms with van der Waals surface area (Å²) in [7, 11) is 0. The van der Waals surface area contributed by atoms with E-state index in [4.69, 9.17) is 5.73 Å². The monoisotopic (exact) mass is 249 g/mol. The van der Waals surface area contributed by atoms with Crippen molar-refractivity contribution in [2.45, 2.75) is 58.4 Å². The van der Waals surface area contributed by atoms with Crippen molar-refractivity contribution in [2.24, 2.45) is 41.2 Å². The van der Waals surface area contributed by atoms with Crippen LogP contribution in [-0.2, 0) is 4.79 Å². The van der Waals surface area contributed by atoms with Gasteiger partial charge in [-0.3, -0.25) is 4.79 Å². The van der Waals surface area contributed by atoms with E-state index in [2.05, 4.69) is 0 Å². The number of carbonyl (C=O) groups is 1. The number of nitrogens with two attached hydrogens (primary N) is 1. The fourth-order valence-corrected chi connectivity index (χ4v) is 5.26. The average molecular weight is 249 g/mol. The number of Topliss-reactive ketones (excluding diaryl/α,β-unsaturated/α-hetero) is 1. The topological polar surface area (TPSA) is 43.1 Å². The van der Waals surface area contributed by atoms with E-state index in [1.807, 2.05) is 13.8 Å². The fraction of sp³-hybridized carbons (Fsp3) is 0.938. The Morgan fingerprint density at radius 3 is 2.00 bits per heavy atom. The molecule has 1 atom stereocenters. The standard InChI is InChI=1S/C16H27NO/c1-9(2)16(18)15(17)8-14-12-4-10-3-11(6-12)7-13(14)5-10/h9-15H,3-8,17H2,1-2H3. The van der Waals surface area contributed by atoms with Crippen LogP contribution in [0.4, 0.5) is 0 Å². The van der Waals surface area contributed by atoms with Crippen molar-refractivity contribution in [2.75, 3.05) is 0 Å². The van der Waals surface area contributed by atoms with Crippen LogP contribution in [0.25, 0.3) is 0 Å². The van der Waals surface area contributed by atoms with Crippen LogP contribution in [0.5, 0.6) is 0 Å². The summed E-state index contributed by atoms with van der Waals surface area (Å²) in [6.07, 6.45) is 8.18. The lowest BCUT2D eigenvalue weighted by molar-refractivity contribution is -0.124. The van der Waals surface area contributed by atoms with Gasteiger partial charge in [-0.15, -0.1) is 0 Å². The van der Waals surface area contributed by atoms with Gasteiger partial charge >= 0.3 is 0 Å². The lowest BCUT2D eigenvalue weighted by atomic mass is 9.51. The zero-order chi connectivity index (χ0) is 12.9. The Labute approximate surface area is 111 Å². The molecule has 0 radical (unpaired) electrons. The molecule has 4 saturated carbocycles. The molecule has 4 fully saturated rings. The lowest BCUT2D eigenvalue weighted by Gasteiger charge is -2.55. The van der Waals surface area contributed by atoms with Crippen LogP contribution < -0.4 is 5.73 Å². The van der Waals surface area contributed by atoms with E-state index in [1.54, 1.807) is 0 Å². The maximum atomic E-state index is 12.0. The molecule has 1 unspecified atom stereocenters. The Morgan fingerprint density at radius 2 is 1.56 bits per heavy atom. The van der Waals surface area contributed by atoms with Crippen LogP contribution in [0.1, 0.15) is 52.4 Å².